The van der Waals surface area contributed by atoms with Crippen molar-refractivity contribution in [2.45, 2.75) is 12.5 Å². The third-order valence-electron chi connectivity index (χ3n) is 3.61. The topological polar surface area (TPSA) is 119 Å². The van der Waals surface area contributed by atoms with Crippen molar-refractivity contribution in [2.75, 3.05) is 7.11 Å². The molecule has 0 aromatic heterocycles. The van der Waals surface area contributed by atoms with Gasteiger partial charge >= 0.3 is 5.97 Å². The number of amides is 1. The number of nitro benzene ring substituents is 1. The molecule has 0 aliphatic heterocycles. The summed E-state index contributed by atoms with van der Waals surface area (Å²) in [5.41, 5.74) is 0.161. The van der Waals surface area contributed by atoms with E-state index in [-0.39, 0.29) is 17.0 Å². The number of carboxylic acids is 1. The Bertz CT molecular complexity index is 838. The van der Waals surface area contributed by atoms with Gasteiger partial charge in [0.15, 0.2) is 0 Å². The standard InChI is InChI=1S/C17H15ClN2O6/c1-26-12-5-2-10(3-6-12)14(9-16(21)22)19-17(23)11-4-7-13(18)15(8-11)20(24)25/h2-8,14H,9H2,1H3,(H,19,23)(H,21,22)/t14-/m0/s1. The zero-order valence-electron chi connectivity index (χ0n) is 13.6. The number of hydrogen-bond acceptors (Lipinski definition) is 5. The molecule has 8 nitrogen and oxygen atoms in total. The second-order valence-electron chi connectivity index (χ2n) is 5.32. The van der Waals surface area contributed by atoms with Crippen LogP contribution in [0.1, 0.15) is 28.4 Å². The molecular formula is C17H15ClN2O6. The number of benzene rings is 2. The Labute approximate surface area is 153 Å². The van der Waals surface area contributed by atoms with Crippen molar-refractivity contribution in [3.05, 3.63) is 68.7 Å². The number of nitro groups is 1. The highest BCUT2D eigenvalue weighted by Crippen LogP contribution is 2.26. The number of halogens is 1. The molecule has 2 aromatic carbocycles. The molecule has 26 heavy (non-hydrogen) atoms. The summed E-state index contributed by atoms with van der Waals surface area (Å²) in [4.78, 5) is 33.8. The highest BCUT2D eigenvalue weighted by atomic mass is 35.5. The van der Waals surface area contributed by atoms with Gasteiger partial charge in [-0.1, -0.05) is 23.7 Å². The molecular weight excluding hydrogens is 364 g/mol. The largest absolute Gasteiger partial charge is 0.497 e. The predicted molar refractivity (Wildman–Crippen MR) is 93.6 cm³/mol. The van der Waals surface area contributed by atoms with E-state index in [1.807, 2.05) is 0 Å². The monoisotopic (exact) mass is 378 g/mol. The molecule has 0 radical (unpaired) electrons. The summed E-state index contributed by atoms with van der Waals surface area (Å²) < 4.78 is 5.05. The number of ether oxygens (including phenoxy) is 1. The van der Waals surface area contributed by atoms with Gasteiger partial charge in [-0.25, -0.2) is 0 Å². The van der Waals surface area contributed by atoms with Crippen LogP contribution < -0.4 is 10.1 Å². The van der Waals surface area contributed by atoms with Gasteiger partial charge in [-0.15, -0.1) is 0 Å². The maximum atomic E-state index is 12.4. The van der Waals surface area contributed by atoms with E-state index in [0.29, 0.717) is 11.3 Å². The number of carbonyl (C=O) groups excluding carboxylic acids is 1. The SMILES string of the molecule is COc1ccc([C@H](CC(=O)O)NC(=O)c2ccc(Cl)c([N+](=O)[O-])c2)cc1. The van der Waals surface area contributed by atoms with Crippen LogP contribution in [0.3, 0.4) is 0 Å². The maximum Gasteiger partial charge on any atom is 0.305 e. The Morgan fingerprint density at radius 1 is 1.27 bits per heavy atom. The van der Waals surface area contributed by atoms with Gasteiger partial charge in [0.05, 0.1) is 24.5 Å². The molecule has 0 spiro atoms. The van der Waals surface area contributed by atoms with E-state index in [2.05, 4.69) is 5.32 Å². The number of nitrogens with one attached hydrogen (secondary N) is 1. The summed E-state index contributed by atoms with van der Waals surface area (Å²) in [5, 5.41) is 22.5. The number of hydrogen-bond donors (Lipinski definition) is 2. The smallest absolute Gasteiger partial charge is 0.305 e. The van der Waals surface area contributed by atoms with E-state index in [0.717, 1.165) is 6.07 Å². The van der Waals surface area contributed by atoms with Crippen molar-refractivity contribution in [2.24, 2.45) is 0 Å². The van der Waals surface area contributed by atoms with E-state index in [9.17, 15) is 19.7 Å². The van der Waals surface area contributed by atoms with E-state index in [1.165, 1.54) is 19.2 Å². The molecule has 2 aromatic rings. The fourth-order valence-corrected chi connectivity index (χ4v) is 2.49. The minimum absolute atomic E-state index is 0.00463. The molecule has 9 heteroatoms. The predicted octanol–water partition coefficient (Wildman–Crippen LogP) is 3.20. The van der Waals surface area contributed by atoms with Crippen LogP contribution >= 0.6 is 11.6 Å². The molecule has 0 fully saturated rings. The number of rotatable bonds is 7. The van der Waals surface area contributed by atoms with Crippen LogP contribution in [0, 0.1) is 10.1 Å². The minimum Gasteiger partial charge on any atom is -0.497 e. The zero-order valence-corrected chi connectivity index (χ0v) is 14.4. The molecule has 1 amide bonds. The lowest BCUT2D eigenvalue weighted by Gasteiger charge is -2.18. The lowest BCUT2D eigenvalue weighted by molar-refractivity contribution is -0.384. The summed E-state index contributed by atoms with van der Waals surface area (Å²) in [6.45, 7) is 0. The highest BCUT2D eigenvalue weighted by molar-refractivity contribution is 6.32. The van der Waals surface area contributed by atoms with Crippen LogP contribution in [-0.4, -0.2) is 29.0 Å². The van der Waals surface area contributed by atoms with Crippen molar-refractivity contribution < 1.29 is 24.4 Å². The average molecular weight is 379 g/mol. The van der Waals surface area contributed by atoms with Crippen LogP contribution in [-0.2, 0) is 4.79 Å². The van der Waals surface area contributed by atoms with E-state index in [4.69, 9.17) is 21.4 Å². The number of aliphatic carboxylic acids is 1. The van der Waals surface area contributed by atoms with Gasteiger partial charge in [-0.2, -0.15) is 0 Å². The van der Waals surface area contributed by atoms with Gasteiger partial charge in [-0.3, -0.25) is 19.7 Å². The van der Waals surface area contributed by atoms with Crippen molar-refractivity contribution in [3.63, 3.8) is 0 Å². The third-order valence-corrected chi connectivity index (χ3v) is 3.93. The lowest BCUT2D eigenvalue weighted by Crippen LogP contribution is -2.30. The van der Waals surface area contributed by atoms with Crippen molar-refractivity contribution in [3.8, 4) is 5.75 Å². The van der Waals surface area contributed by atoms with E-state index < -0.39 is 28.5 Å². The fourth-order valence-electron chi connectivity index (χ4n) is 2.30. The Balaban J connectivity index is 2.27. The van der Waals surface area contributed by atoms with Gasteiger partial charge < -0.3 is 15.2 Å². The normalized spacial score (nSPS) is 11.5. The fraction of sp³-hybridized carbons (Fsp3) is 0.176. The molecule has 0 saturated carbocycles. The first-order chi connectivity index (χ1) is 12.3. The Hall–Kier alpha value is -3.13. The summed E-state index contributed by atoms with van der Waals surface area (Å²) >= 11 is 5.73. The van der Waals surface area contributed by atoms with Crippen molar-refractivity contribution in [1.82, 2.24) is 5.32 Å². The van der Waals surface area contributed by atoms with Crippen LogP contribution in [0.15, 0.2) is 42.5 Å². The molecule has 136 valence electrons. The van der Waals surface area contributed by atoms with Gasteiger partial charge in [-0.05, 0) is 29.8 Å². The zero-order chi connectivity index (χ0) is 19.3. The number of methoxy groups -OCH3 is 1. The first-order valence-corrected chi connectivity index (χ1v) is 7.80. The average Bonchev–Trinajstić information content (AvgIpc) is 2.61. The number of nitrogens with zero attached hydrogens (tertiary/aromatic N) is 1. The van der Waals surface area contributed by atoms with Crippen LogP contribution in [0.2, 0.25) is 5.02 Å². The molecule has 0 unspecified atom stereocenters. The summed E-state index contributed by atoms with van der Waals surface area (Å²) in [6.07, 6.45) is -0.353. The van der Waals surface area contributed by atoms with Gasteiger partial charge in [0.1, 0.15) is 10.8 Å². The Morgan fingerprint density at radius 2 is 1.92 bits per heavy atom. The molecule has 0 aliphatic rings. The van der Waals surface area contributed by atoms with Crippen LogP contribution in [0.4, 0.5) is 5.69 Å². The Kier molecular flexibility index (Phi) is 6.13. The maximum absolute atomic E-state index is 12.4. The summed E-state index contributed by atoms with van der Waals surface area (Å²) in [7, 11) is 1.50. The number of carbonyl (C=O) groups is 2. The van der Waals surface area contributed by atoms with E-state index in [1.54, 1.807) is 24.3 Å². The van der Waals surface area contributed by atoms with Crippen LogP contribution in [0.5, 0.6) is 5.75 Å². The first kappa shape index (κ1) is 19.2. The van der Waals surface area contributed by atoms with Crippen molar-refractivity contribution >= 4 is 29.2 Å². The highest BCUT2D eigenvalue weighted by Gasteiger charge is 2.21. The second kappa shape index (κ2) is 8.30. The van der Waals surface area contributed by atoms with Crippen LogP contribution in [0.25, 0.3) is 0 Å². The van der Waals surface area contributed by atoms with E-state index >= 15 is 0 Å². The molecule has 0 bridgehead atoms. The lowest BCUT2D eigenvalue weighted by atomic mass is 10.0. The molecule has 0 heterocycles. The summed E-state index contributed by atoms with van der Waals surface area (Å²) in [5.74, 6) is -1.16. The van der Waals surface area contributed by atoms with Crippen molar-refractivity contribution in [1.29, 1.82) is 0 Å². The second-order valence-corrected chi connectivity index (χ2v) is 5.73. The molecule has 0 aliphatic carbocycles. The third kappa shape index (κ3) is 4.70. The molecule has 2 N–H and O–H groups in total. The summed E-state index contributed by atoms with van der Waals surface area (Å²) in [6, 6.07) is 9.36. The van der Waals surface area contributed by atoms with Gasteiger partial charge in [0.25, 0.3) is 11.6 Å². The quantitative estimate of drug-likeness (QED) is 0.564. The first-order valence-electron chi connectivity index (χ1n) is 7.42. The minimum atomic E-state index is -1.10. The molecule has 2 rings (SSSR count). The number of carboxylic acid groups (broad SMARTS) is 1. The Morgan fingerprint density at radius 3 is 2.46 bits per heavy atom. The molecule has 1 atom stereocenters. The van der Waals surface area contributed by atoms with Gasteiger partial charge in [0.2, 0.25) is 0 Å². The molecule has 0 saturated heterocycles. The van der Waals surface area contributed by atoms with Gasteiger partial charge in [0, 0.05) is 11.6 Å².